The lowest BCUT2D eigenvalue weighted by atomic mass is 10.1. The van der Waals surface area contributed by atoms with Crippen LogP contribution in [-0.4, -0.2) is 63.9 Å². The minimum absolute atomic E-state index is 0.0636. The van der Waals surface area contributed by atoms with Crippen molar-refractivity contribution in [1.82, 2.24) is 24.8 Å². The maximum atomic E-state index is 12.1. The first-order valence-corrected chi connectivity index (χ1v) is 6.98. The Morgan fingerprint density at radius 2 is 2.15 bits per heavy atom. The van der Waals surface area contributed by atoms with E-state index in [4.69, 9.17) is 0 Å². The van der Waals surface area contributed by atoms with Crippen LogP contribution in [0.1, 0.15) is 18.9 Å². The van der Waals surface area contributed by atoms with E-state index in [0.29, 0.717) is 19.0 Å². The number of likely N-dealkylation sites (tertiary alicyclic amines) is 1. The van der Waals surface area contributed by atoms with Gasteiger partial charge in [0.15, 0.2) is 0 Å². The summed E-state index contributed by atoms with van der Waals surface area (Å²) in [5, 5.41) is 7.94. The first kappa shape index (κ1) is 13.1. The molecule has 1 aromatic heterocycles. The summed E-state index contributed by atoms with van der Waals surface area (Å²) >= 11 is 0. The highest BCUT2D eigenvalue weighted by atomic mass is 16.2. The Morgan fingerprint density at radius 1 is 1.35 bits per heavy atom. The lowest BCUT2D eigenvalue weighted by Gasteiger charge is -2.24. The fourth-order valence-electron chi connectivity index (χ4n) is 2.57. The van der Waals surface area contributed by atoms with Crippen LogP contribution in [0.4, 0.5) is 0 Å². The summed E-state index contributed by atoms with van der Waals surface area (Å²) in [7, 11) is 4.05. The quantitative estimate of drug-likeness (QED) is 0.712. The van der Waals surface area contributed by atoms with E-state index in [-0.39, 0.29) is 18.0 Å². The second-order valence-corrected chi connectivity index (χ2v) is 5.74. The van der Waals surface area contributed by atoms with Gasteiger partial charge in [0.05, 0.1) is 18.3 Å². The fourth-order valence-corrected chi connectivity index (χ4v) is 2.57. The van der Waals surface area contributed by atoms with E-state index in [0.717, 1.165) is 12.8 Å². The van der Waals surface area contributed by atoms with Crippen molar-refractivity contribution in [1.29, 1.82) is 0 Å². The molecule has 1 aliphatic carbocycles. The van der Waals surface area contributed by atoms with Gasteiger partial charge in [-0.2, -0.15) is 0 Å². The molecule has 20 heavy (non-hydrogen) atoms. The Hall–Kier alpha value is -1.87. The summed E-state index contributed by atoms with van der Waals surface area (Å²) in [6.45, 7) is 1.33. The van der Waals surface area contributed by atoms with E-state index in [9.17, 15) is 4.79 Å². The molecule has 0 radical (unpaired) electrons. The normalized spacial score (nSPS) is 25.6. The van der Waals surface area contributed by atoms with Crippen molar-refractivity contribution in [3.05, 3.63) is 12.4 Å². The van der Waals surface area contributed by atoms with Gasteiger partial charge in [0.25, 0.3) is 5.91 Å². The Labute approximate surface area is 118 Å². The number of nitrogens with zero attached hydrogens (tertiary/aromatic N) is 5. The first-order valence-electron chi connectivity index (χ1n) is 6.98. The maximum Gasteiger partial charge on any atom is 0.298 e. The molecule has 2 fully saturated rings. The molecule has 2 heterocycles. The highest BCUT2D eigenvalue weighted by Crippen LogP contribution is 2.28. The fraction of sp³-hybridized carbons (Fsp3) is 0.643. The lowest BCUT2D eigenvalue weighted by Crippen LogP contribution is -2.37. The average molecular weight is 273 g/mol. The van der Waals surface area contributed by atoms with Gasteiger partial charge in [0, 0.05) is 25.2 Å². The molecule has 106 valence electrons. The SMILES string of the molecule is CN(C)[C@@H]1CN(C(=O)C#CC2CC2)C[C@@H]1n1ccnn1. The summed E-state index contributed by atoms with van der Waals surface area (Å²) < 4.78 is 1.84. The maximum absolute atomic E-state index is 12.1. The zero-order valence-corrected chi connectivity index (χ0v) is 11.9. The Bertz CT molecular complexity index is 538. The standard InChI is InChI=1S/C14H19N5O/c1-17(2)12-9-18(14(20)6-5-11-3-4-11)10-13(12)19-8-7-15-16-19/h7-8,11-13H,3-4,9-10H2,1-2H3/t12-,13+/m1/s1. The summed E-state index contributed by atoms with van der Waals surface area (Å²) in [5.41, 5.74) is 0. The van der Waals surface area contributed by atoms with Gasteiger partial charge in [-0.25, -0.2) is 4.68 Å². The van der Waals surface area contributed by atoms with E-state index >= 15 is 0 Å². The third kappa shape index (κ3) is 2.68. The molecule has 2 atom stereocenters. The van der Waals surface area contributed by atoms with E-state index in [2.05, 4.69) is 27.1 Å². The molecule has 0 bridgehead atoms. The number of aromatic nitrogens is 3. The van der Waals surface area contributed by atoms with E-state index in [1.54, 1.807) is 6.20 Å². The number of likely N-dealkylation sites (N-methyl/N-ethyl adjacent to an activating group) is 1. The van der Waals surface area contributed by atoms with Crippen LogP contribution < -0.4 is 0 Å². The summed E-state index contributed by atoms with van der Waals surface area (Å²) in [6.07, 6.45) is 5.81. The predicted molar refractivity (Wildman–Crippen MR) is 73.6 cm³/mol. The second-order valence-electron chi connectivity index (χ2n) is 5.74. The van der Waals surface area contributed by atoms with Gasteiger partial charge in [-0.15, -0.1) is 5.10 Å². The third-order valence-electron chi connectivity index (χ3n) is 3.95. The van der Waals surface area contributed by atoms with Crippen LogP contribution in [-0.2, 0) is 4.79 Å². The van der Waals surface area contributed by atoms with Crippen LogP contribution in [0.3, 0.4) is 0 Å². The largest absolute Gasteiger partial charge is 0.328 e. The van der Waals surface area contributed by atoms with Crippen molar-refractivity contribution >= 4 is 5.91 Å². The van der Waals surface area contributed by atoms with E-state index < -0.39 is 0 Å². The molecular weight excluding hydrogens is 254 g/mol. The van der Waals surface area contributed by atoms with Crippen LogP contribution in [0.25, 0.3) is 0 Å². The Morgan fingerprint density at radius 3 is 2.75 bits per heavy atom. The van der Waals surface area contributed by atoms with Gasteiger partial charge in [-0.3, -0.25) is 4.79 Å². The van der Waals surface area contributed by atoms with Crippen LogP contribution in [0, 0.1) is 17.8 Å². The van der Waals surface area contributed by atoms with Crippen LogP contribution >= 0.6 is 0 Å². The number of hydrogen-bond acceptors (Lipinski definition) is 4. The Balaban J connectivity index is 1.72. The smallest absolute Gasteiger partial charge is 0.298 e. The predicted octanol–water partition coefficient (Wildman–Crippen LogP) is 0.00500. The van der Waals surface area contributed by atoms with Crippen molar-refractivity contribution in [3.63, 3.8) is 0 Å². The summed E-state index contributed by atoms with van der Waals surface area (Å²) in [6, 6.07) is 0.377. The molecule has 6 heteroatoms. The zero-order valence-electron chi connectivity index (χ0n) is 11.9. The van der Waals surface area contributed by atoms with Crippen molar-refractivity contribution in [2.24, 2.45) is 5.92 Å². The van der Waals surface area contributed by atoms with E-state index in [1.807, 2.05) is 29.9 Å². The number of carbonyl (C=O) groups is 1. The minimum Gasteiger partial charge on any atom is -0.328 e. The second kappa shape index (κ2) is 5.25. The molecule has 0 spiro atoms. The van der Waals surface area contributed by atoms with Gasteiger partial charge in [0.1, 0.15) is 0 Å². The van der Waals surface area contributed by atoms with Gasteiger partial charge < -0.3 is 9.80 Å². The minimum atomic E-state index is -0.0636. The number of carbonyl (C=O) groups excluding carboxylic acids is 1. The Kier molecular flexibility index (Phi) is 3.45. The summed E-state index contributed by atoms with van der Waals surface area (Å²) in [5.74, 6) is 6.21. The molecule has 2 aliphatic rings. The van der Waals surface area contributed by atoms with E-state index in [1.165, 1.54) is 0 Å². The van der Waals surface area contributed by atoms with Gasteiger partial charge in [-0.05, 0) is 32.9 Å². The molecule has 1 saturated heterocycles. The van der Waals surface area contributed by atoms with Crippen molar-refractivity contribution < 1.29 is 4.79 Å². The van der Waals surface area contributed by atoms with Crippen LogP contribution in [0.2, 0.25) is 0 Å². The topological polar surface area (TPSA) is 54.3 Å². The number of amides is 1. The third-order valence-corrected chi connectivity index (χ3v) is 3.95. The summed E-state index contributed by atoms with van der Waals surface area (Å²) in [4.78, 5) is 16.1. The molecule has 0 unspecified atom stereocenters. The lowest BCUT2D eigenvalue weighted by molar-refractivity contribution is -0.124. The molecule has 0 aromatic carbocycles. The molecule has 1 amide bonds. The van der Waals surface area contributed by atoms with Crippen molar-refractivity contribution in [2.75, 3.05) is 27.2 Å². The zero-order chi connectivity index (χ0) is 14.1. The average Bonchev–Trinajstić information content (AvgIpc) is 2.94. The first-order chi connectivity index (χ1) is 9.65. The van der Waals surface area contributed by atoms with Gasteiger partial charge in [0.2, 0.25) is 0 Å². The van der Waals surface area contributed by atoms with Crippen LogP contribution in [0.15, 0.2) is 12.4 Å². The molecule has 1 aromatic rings. The monoisotopic (exact) mass is 273 g/mol. The highest BCUT2D eigenvalue weighted by molar-refractivity contribution is 5.93. The van der Waals surface area contributed by atoms with Crippen molar-refractivity contribution in [3.8, 4) is 11.8 Å². The highest BCUT2D eigenvalue weighted by Gasteiger charge is 2.37. The molecule has 0 N–H and O–H groups in total. The molecule has 1 aliphatic heterocycles. The van der Waals surface area contributed by atoms with Gasteiger partial charge in [-0.1, -0.05) is 11.1 Å². The number of hydrogen-bond donors (Lipinski definition) is 0. The van der Waals surface area contributed by atoms with Crippen molar-refractivity contribution in [2.45, 2.75) is 24.9 Å². The molecule has 6 nitrogen and oxygen atoms in total. The molecule has 3 rings (SSSR count). The molecule has 1 saturated carbocycles. The van der Waals surface area contributed by atoms with Crippen LogP contribution in [0.5, 0.6) is 0 Å². The van der Waals surface area contributed by atoms with Gasteiger partial charge >= 0.3 is 0 Å². The number of rotatable bonds is 2. The molecular formula is C14H19N5O.